The van der Waals surface area contributed by atoms with Gasteiger partial charge in [-0.1, -0.05) is 13.3 Å². The molecule has 0 rings (SSSR count). The summed E-state index contributed by atoms with van der Waals surface area (Å²) >= 11 is 0. The molecule has 7 heteroatoms. The molecule has 3 N–H and O–H groups in total. The van der Waals surface area contributed by atoms with Crippen LogP contribution < -0.4 is 10.6 Å². The second-order valence-corrected chi connectivity index (χ2v) is 3.07. The van der Waals surface area contributed by atoms with E-state index in [0.717, 1.165) is 0 Å². The largest absolute Gasteiger partial charge is 0.480 e. The van der Waals surface area contributed by atoms with E-state index in [2.05, 4.69) is 5.32 Å². The Morgan fingerprint density at radius 3 is 2.44 bits per heavy atom. The quantitative estimate of drug-likeness (QED) is 0.353. The summed E-state index contributed by atoms with van der Waals surface area (Å²) < 4.78 is 0. The number of hydrogen-bond acceptors (Lipinski definition) is 4. The molecule has 0 spiro atoms. The van der Waals surface area contributed by atoms with Crippen LogP contribution in [0.2, 0.25) is 0 Å². The molecule has 0 aliphatic heterocycles. The summed E-state index contributed by atoms with van der Waals surface area (Å²) in [6.45, 7) is 1.17. The molecule has 0 bridgehead atoms. The standard InChI is InChI=1S/C9H14N2O5/c1-2-3-6(11-5-12)8(15)9(16)10-4-7(13)14/h5-6H,2-4H2,1H3,(H,10,16)(H,11,12)(H,13,14). The van der Waals surface area contributed by atoms with Crippen molar-refractivity contribution in [3.8, 4) is 0 Å². The zero-order chi connectivity index (χ0) is 12.6. The predicted octanol–water partition coefficient (Wildman–Crippen LogP) is -1.33. The van der Waals surface area contributed by atoms with E-state index in [1.54, 1.807) is 6.92 Å². The third-order valence-electron chi connectivity index (χ3n) is 1.79. The molecule has 16 heavy (non-hydrogen) atoms. The molecule has 0 saturated heterocycles. The Labute approximate surface area is 92.2 Å². The molecule has 0 aromatic heterocycles. The summed E-state index contributed by atoms with van der Waals surface area (Å²) in [6.07, 6.45) is 1.28. The highest BCUT2D eigenvalue weighted by atomic mass is 16.4. The number of aliphatic carboxylic acids is 1. The van der Waals surface area contributed by atoms with Crippen molar-refractivity contribution in [3.63, 3.8) is 0 Å². The van der Waals surface area contributed by atoms with Gasteiger partial charge in [-0.05, 0) is 6.42 Å². The van der Waals surface area contributed by atoms with E-state index in [9.17, 15) is 19.2 Å². The maximum Gasteiger partial charge on any atom is 0.322 e. The van der Waals surface area contributed by atoms with Gasteiger partial charge >= 0.3 is 5.97 Å². The van der Waals surface area contributed by atoms with Crippen LogP contribution in [0.3, 0.4) is 0 Å². The molecular formula is C9H14N2O5. The first kappa shape index (κ1) is 14.1. The number of carbonyl (C=O) groups is 4. The Morgan fingerprint density at radius 1 is 1.38 bits per heavy atom. The van der Waals surface area contributed by atoms with Crippen molar-refractivity contribution in [3.05, 3.63) is 0 Å². The summed E-state index contributed by atoms with van der Waals surface area (Å²) in [5, 5.41) is 12.4. The van der Waals surface area contributed by atoms with Gasteiger partial charge < -0.3 is 15.7 Å². The first-order valence-electron chi connectivity index (χ1n) is 4.76. The number of rotatable bonds is 8. The minimum absolute atomic E-state index is 0.331. The monoisotopic (exact) mass is 230 g/mol. The van der Waals surface area contributed by atoms with Crippen LogP contribution in [0, 0.1) is 0 Å². The van der Waals surface area contributed by atoms with Crippen molar-refractivity contribution >= 4 is 24.1 Å². The van der Waals surface area contributed by atoms with Crippen molar-refractivity contribution in [2.75, 3.05) is 6.54 Å². The molecule has 0 heterocycles. The van der Waals surface area contributed by atoms with Crippen LogP contribution in [0.5, 0.6) is 0 Å². The highest BCUT2D eigenvalue weighted by Crippen LogP contribution is 1.97. The van der Waals surface area contributed by atoms with E-state index in [1.165, 1.54) is 0 Å². The molecule has 1 unspecified atom stereocenters. The van der Waals surface area contributed by atoms with Crippen LogP contribution in [0.1, 0.15) is 19.8 Å². The molecular weight excluding hydrogens is 216 g/mol. The fourth-order valence-electron chi connectivity index (χ4n) is 1.06. The summed E-state index contributed by atoms with van der Waals surface area (Å²) in [6, 6.07) is -0.892. The van der Waals surface area contributed by atoms with E-state index in [-0.39, 0.29) is 0 Å². The number of nitrogens with one attached hydrogen (secondary N) is 2. The van der Waals surface area contributed by atoms with Crippen molar-refractivity contribution in [2.45, 2.75) is 25.8 Å². The van der Waals surface area contributed by atoms with Crippen LogP contribution in [0.25, 0.3) is 0 Å². The third kappa shape index (κ3) is 5.08. The van der Waals surface area contributed by atoms with Gasteiger partial charge in [0.1, 0.15) is 6.54 Å². The summed E-state index contributed by atoms with van der Waals surface area (Å²) in [7, 11) is 0. The number of ketones is 1. The van der Waals surface area contributed by atoms with Gasteiger partial charge in [0.25, 0.3) is 5.91 Å². The summed E-state index contributed by atoms with van der Waals surface area (Å²) in [5.41, 5.74) is 0. The molecule has 90 valence electrons. The average Bonchev–Trinajstić information content (AvgIpc) is 2.24. The lowest BCUT2D eigenvalue weighted by Crippen LogP contribution is -2.46. The van der Waals surface area contributed by atoms with Crippen LogP contribution in [0.15, 0.2) is 0 Å². The van der Waals surface area contributed by atoms with Crippen molar-refractivity contribution in [1.29, 1.82) is 0 Å². The Bertz CT molecular complexity index is 290. The first-order valence-corrected chi connectivity index (χ1v) is 4.76. The fraction of sp³-hybridized carbons (Fsp3) is 0.556. The highest BCUT2D eigenvalue weighted by Gasteiger charge is 2.24. The Hall–Kier alpha value is -1.92. The van der Waals surface area contributed by atoms with Crippen molar-refractivity contribution < 1.29 is 24.3 Å². The molecule has 0 aliphatic rings. The Morgan fingerprint density at radius 2 is 2.00 bits per heavy atom. The number of hydrogen-bond donors (Lipinski definition) is 3. The zero-order valence-corrected chi connectivity index (χ0v) is 8.86. The van der Waals surface area contributed by atoms with Crippen LogP contribution in [0.4, 0.5) is 0 Å². The molecule has 0 saturated carbocycles. The SMILES string of the molecule is CCCC(NC=O)C(=O)C(=O)NCC(=O)O. The first-order chi connectivity index (χ1) is 7.52. The van der Waals surface area contributed by atoms with Gasteiger partial charge in [0.15, 0.2) is 0 Å². The number of Topliss-reactive ketones (excluding diaryl/α,β-unsaturated/α-hetero) is 1. The number of carboxylic acid groups (broad SMARTS) is 1. The lowest BCUT2D eigenvalue weighted by Gasteiger charge is -2.12. The molecule has 0 fully saturated rings. The van der Waals surface area contributed by atoms with Crippen molar-refractivity contribution in [2.24, 2.45) is 0 Å². The normalized spacial score (nSPS) is 11.3. The Balaban J connectivity index is 4.30. The smallest absolute Gasteiger partial charge is 0.322 e. The molecule has 1 atom stereocenters. The second-order valence-electron chi connectivity index (χ2n) is 3.07. The van der Waals surface area contributed by atoms with Gasteiger partial charge in [-0.25, -0.2) is 0 Å². The topological polar surface area (TPSA) is 113 Å². The minimum atomic E-state index is -1.24. The van der Waals surface area contributed by atoms with Crippen LogP contribution in [-0.2, 0) is 19.2 Å². The predicted molar refractivity (Wildman–Crippen MR) is 53.5 cm³/mol. The number of carboxylic acids is 1. The van der Waals surface area contributed by atoms with E-state index >= 15 is 0 Å². The summed E-state index contributed by atoms with van der Waals surface area (Å²) in [5.74, 6) is -3.08. The molecule has 0 radical (unpaired) electrons. The third-order valence-corrected chi connectivity index (χ3v) is 1.79. The lowest BCUT2D eigenvalue weighted by atomic mass is 10.1. The van der Waals surface area contributed by atoms with Crippen LogP contribution in [-0.4, -0.2) is 41.8 Å². The molecule has 0 aromatic carbocycles. The van der Waals surface area contributed by atoms with Gasteiger partial charge in [-0.2, -0.15) is 0 Å². The van der Waals surface area contributed by atoms with Crippen LogP contribution >= 0.6 is 0 Å². The molecule has 2 amide bonds. The van der Waals surface area contributed by atoms with E-state index in [1.807, 2.05) is 5.32 Å². The van der Waals surface area contributed by atoms with Gasteiger partial charge in [0.2, 0.25) is 12.2 Å². The van der Waals surface area contributed by atoms with E-state index < -0.39 is 30.2 Å². The summed E-state index contributed by atoms with van der Waals surface area (Å²) in [4.78, 5) is 42.9. The fourth-order valence-corrected chi connectivity index (χ4v) is 1.06. The number of carbonyl (C=O) groups excluding carboxylic acids is 3. The average molecular weight is 230 g/mol. The molecule has 0 aliphatic carbocycles. The maximum absolute atomic E-state index is 11.4. The molecule has 0 aromatic rings. The van der Waals surface area contributed by atoms with Gasteiger partial charge in [-0.3, -0.25) is 19.2 Å². The maximum atomic E-state index is 11.4. The number of amides is 2. The second kappa shape index (κ2) is 7.38. The lowest BCUT2D eigenvalue weighted by molar-refractivity contribution is -0.142. The van der Waals surface area contributed by atoms with Gasteiger partial charge in [-0.15, -0.1) is 0 Å². The highest BCUT2D eigenvalue weighted by molar-refractivity contribution is 6.38. The minimum Gasteiger partial charge on any atom is -0.480 e. The van der Waals surface area contributed by atoms with Crippen molar-refractivity contribution in [1.82, 2.24) is 10.6 Å². The zero-order valence-electron chi connectivity index (χ0n) is 8.86. The molecule has 7 nitrogen and oxygen atoms in total. The van der Waals surface area contributed by atoms with Gasteiger partial charge in [0, 0.05) is 0 Å². The van der Waals surface area contributed by atoms with E-state index in [0.29, 0.717) is 19.3 Å². The van der Waals surface area contributed by atoms with E-state index in [4.69, 9.17) is 5.11 Å². The van der Waals surface area contributed by atoms with Gasteiger partial charge in [0.05, 0.1) is 6.04 Å². The Kier molecular flexibility index (Phi) is 6.50.